The van der Waals surface area contributed by atoms with Crippen molar-refractivity contribution in [3.8, 4) is 5.75 Å². The highest BCUT2D eigenvalue weighted by Gasteiger charge is 2.11. The number of ether oxygens (including phenoxy) is 1. The quantitative estimate of drug-likeness (QED) is 0.628. The summed E-state index contributed by atoms with van der Waals surface area (Å²) >= 11 is 3.51. The van der Waals surface area contributed by atoms with Gasteiger partial charge in [0.2, 0.25) is 0 Å². The molecule has 1 aromatic carbocycles. The first-order valence-electron chi connectivity index (χ1n) is 7.29. The van der Waals surface area contributed by atoms with Gasteiger partial charge >= 0.3 is 0 Å². The molecule has 19 heavy (non-hydrogen) atoms. The molecule has 1 unspecified atom stereocenters. The Morgan fingerprint density at radius 1 is 1.16 bits per heavy atom. The van der Waals surface area contributed by atoms with Crippen molar-refractivity contribution in [2.75, 3.05) is 6.61 Å². The van der Waals surface area contributed by atoms with Gasteiger partial charge in [-0.15, -0.1) is 0 Å². The molecule has 108 valence electrons. The number of halogens is 1. The molecule has 0 bridgehead atoms. The van der Waals surface area contributed by atoms with Gasteiger partial charge in [-0.3, -0.25) is 0 Å². The highest BCUT2D eigenvalue weighted by atomic mass is 79.9. The number of aliphatic hydroxyl groups is 1. The van der Waals surface area contributed by atoms with E-state index in [1.165, 1.54) is 25.7 Å². The number of hydrogen-bond donors (Lipinski definition) is 1. The second kappa shape index (κ2) is 9.38. The van der Waals surface area contributed by atoms with Crippen LogP contribution in [0, 0.1) is 0 Å². The topological polar surface area (TPSA) is 29.5 Å². The minimum atomic E-state index is -0.383. The fourth-order valence-electron chi connectivity index (χ4n) is 2.13. The summed E-state index contributed by atoms with van der Waals surface area (Å²) in [5.41, 5.74) is 0.957. The molecule has 0 amide bonds. The number of unbranched alkanes of at least 4 members (excludes halogenated alkanes) is 4. The average molecular weight is 329 g/mol. The lowest BCUT2D eigenvalue weighted by molar-refractivity contribution is 0.162. The molecule has 0 radical (unpaired) electrons. The molecule has 1 atom stereocenters. The van der Waals surface area contributed by atoms with Crippen molar-refractivity contribution in [3.63, 3.8) is 0 Å². The number of rotatable bonds is 9. The summed E-state index contributed by atoms with van der Waals surface area (Å²) in [4.78, 5) is 0. The molecule has 0 heterocycles. The molecule has 2 nitrogen and oxygen atoms in total. The average Bonchev–Trinajstić information content (AvgIpc) is 2.39. The zero-order valence-corrected chi connectivity index (χ0v) is 13.6. The third-order valence-electron chi connectivity index (χ3n) is 3.22. The maximum absolute atomic E-state index is 10.2. The van der Waals surface area contributed by atoms with Gasteiger partial charge < -0.3 is 9.84 Å². The number of hydrogen-bond acceptors (Lipinski definition) is 2. The third kappa shape index (κ3) is 5.96. The lowest BCUT2D eigenvalue weighted by atomic mass is 10.0. The lowest BCUT2D eigenvalue weighted by Crippen LogP contribution is -2.00. The van der Waals surface area contributed by atoms with E-state index in [0.717, 1.165) is 28.6 Å². The van der Waals surface area contributed by atoms with Crippen molar-refractivity contribution in [1.29, 1.82) is 0 Å². The van der Waals surface area contributed by atoms with E-state index in [-0.39, 0.29) is 6.10 Å². The monoisotopic (exact) mass is 328 g/mol. The minimum absolute atomic E-state index is 0.383. The molecule has 0 aliphatic rings. The van der Waals surface area contributed by atoms with Crippen molar-refractivity contribution in [1.82, 2.24) is 0 Å². The van der Waals surface area contributed by atoms with Crippen LogP contribution < -0.4 is 4.74 Å². The Morgan fingerprint density at radius 2 is 1.89 bits per heavy atom. The van der Waals surface area contributed by atoms with E-state index >= 15 is 0 Å². The van der Waals surface area contributed by atoms with E-state index < -0.39 is 0 Å². The van der Waals surface area contributed by atoms with Crippen LogP contribution in [-0.4, -0.2) is 11.7 Å². The summed E-state index contributed by atoms with van der Waals surface area (Å²) in [6, 6.07) is 5.80. The van der Waals surface area contributed by atoms with Crippen LogP contribution in [0.3, 0.4) is 0 Å². The number of aliphatic hydroxyl groups excluding tert-OH is 1. The van der Waals surface area contributed by atoms with Crippen LogP contribution in [0.1, 0.15) is 64.0 Å². The summed E-state index contributed by atoms with van der Waals surface area (Å²) in [5.74, 6) is 0.841. The predicted molar refractivity (Wildman–Crippen MR) is 83.6 cm³/mol. The molecular weight excluding hydrogens is 304 g/mol. The Labute approximate surface area is 125 Å². The predicted octanol–water partition coefficient (Wildman–Crippen LogP) is 5.24. The molecule has 1 N–H and O–H groups in total. The van der Waals surface area contributed by atoms with E-state index in [1.54, 1.807) is 0 Å². The molecule has 0 fully saturated rings. The van der Waals surface area contributed by atoms with Crippen molar-refractivity contribution in [2.24, 2.45) is 0 Å². The van der Waals surface area contributed by atoms with Crippen LogP contribution in [0.25, 0.3) is 0 Å². The fraction of sp³-hybridized carbons (Fsp3) is 0.625. The van der Waals surface area contributed by atoms with Gasteiger partial charge in [0, 0.05) is 4.47 Å². The Hall–Kier alpha value is -0.540. The van der Waals surface area contributed by atoms with Gasteiger partial charge in [-0.05, 0) is 31.0 Å². The maximum Gasteiger partial charge on any atom is 0.120 e. The zero-order chi connectivity index (χ0) is 14.1. The van der Waals surface area contributed by atoms with Crippen molar-refractivity contribution >= 4 is 15.9 Å². The smallest absolute Gasteiger partial charge is 0.120 e. The van der Waals surface area contributed by atoms with E-state index in [0.29, 0.717) is 6.61 Å². The molecule has 1 rings (SSSR count). The Balaban J connectivity index is 2.45. The van der Waals surface area contributed by atoms with Gasteiger partial charge in [0.25, 0.3) is 0 Å². The highest BCUT2D eigenvalue weighted by molar-refractivity contribution is 9.10. The second-order valence-electron chi connectivity index (χ2n) is 4.84. The van der Waals surface area contributed by atoms with Crippen LogP contribution in [0.15, 0.2) is 22.7 Å². The molecule has 0 aliphatic carbocycles. The SMILES string of the molecule is CCCCCCCC(O)c1ccc(OCC)cc1Br. The third-order valence-corrected chi connectivity index (χ3v) is 3.91. The minimum Gasteiger partial charge on any atom is -0.494 e. The van der Waals surface area contributed by atoms with Gasteiger partial charge in [-0.2, -0.15) is 0 Å². The summed E-state index contributed by atoms with van der Waals surface area (Å²) in [6.07, 6.45) is 6.56. The van der Waals surface area contributed by atoms with Crippen LogP contribution in [0.2, 0.25) is 0 Å². The summed E-state index contributed by atoms with van der Waals surface area (Å²) in [7, 11) is 0. The normalized spacial score (nSPS) is 12.4. The molecule has 1 aromatic rings. The van der Waals surface area contributed by atoms with Gasteiger partial charge in [-0.25, -0.2) is 0 Å². The summed E-state index contributed by atoms with van der Waals surface area (Å²) in [6.45, 7) is 4.84. The largest absolute Gasteiger partial charge is 0.494 e. The molecular formula is C16H25BrO2. The zero-order valence-electron chi connectivity index (χ0n) is 12.0. The number of benzene rings is 1. The van der Waals surface area contributed by atoms with Crippen LogP contribution >= 0.6 is 15.9 Å². The summed E-state index contributed by atoms with van der Waals surface area (Å²) < 4.78 is 6.37. The van der Waals surface area contributed by atoms with Crippen molar-refractivity contribution < 1.29 is 9.84 Å². The molecule has 0 spiro atoms. The fourth-order valence-corrected chi connectivity index (χ4v) is 2.75. The summed E-state index contributed by atoms with van der Waals surface area (Å²) in [5, 5.41) is 10.2. The Bertz CT molecular complexity index is 366. The molecule has 0 aliphatic heterocycles. The van der Waals surface area contributed by atoms with Crippen LogP contribution in [0.5, 0.6) is 5.75 Å². The van der Waals surface area contributed by atoms with Gasteiger partial charge in [0.1, 0.15) is 5.75 Å². The van der Waals surface area contributed by atoms with Gasteiger partial charge in [-0.1, -0.05) is 61.0 Å². The van der Waals surface area contributed by atoms with Gasteiger partial charge in [0.15, 0.2) is 0 Å². The maximum atomic E-state index is 10.2. The van der Waals surface area contributed by atoms with E-state index in [1.807, 2.05) is 25.1 Å². The van der Waals surface area contributed by atoms with Crippen molar-refractivity contribution in [2.45, 2.75) is 58.5 Å². The lowest BCUT2D eigenvalue weighted by Gasteiger charge is -2.14. The molecule has 0 aromatic heterocycles. The standard InChI is InChI=1S/C16H25BrO2/c1-3-5-6-7-8-9-16(18)14-11-10-13(19-4-2)12-15(14)17/h10-12,16,18H,3-9H2,1-2H3. The van der Waals surface area contributed by atoms with Crippen molar-refractivity contribution in [3.05, 3.63) is 28.2 Å². The molecule has 3 heteroatoms. The highest BCUT2D eigenvalue weighted by Crippen LogP contribution is 2.30. The first-order valence-corrected chi connectivity index (χ1v) is 8.08. The first kappa shape index (κ1) is 16.5. The van der Waals surface area contributed by atoms with Crippen LogP contribution in [0.4, 0.5) is 0 Å². The second-order valence-corrected chi connectivity index (χ2v) is 5.69. The Morgan fingerprint density at radius 3 is 2.53 bits per heavy atom. The van der Waals surface area contributed by atoms with E-state index in [2.05, 4.69) is 22.9 Å². The van der Waals surface area contributed by atoms with E-state index in [4.69, 9.17) is 4.74 Å². The Kier molecular flexibility index (Phi) is 8.15. The molecule has 0 saturated heterocycles. The van der Waals surface area contributed by atoms with Crippen LogP contribution in [-0.2, 0) is 0 Å². The van der Waals surface area contributed by atoms with Gasteiger partial charge in [0.05, 0.1) is 12.7 Å². The molecule has 0 saturated carbocycles. The first-order chi connectivity index (χ1) is 9.19. The van der Waals surface area contributed by atoms with E-state index in [9.17, 15) is 5.11 Å².